The highest BCUT2D eigenvalue weighted by Crippen LogP contribution is 2.34. The van der Waals surface area contributed by atoms with Gasteiger partial charge in [0.2, 0.25) is 0 Å². The number of hydrogen-bond donors (Lipinski definition) is 1. The van der Waals surface area contributed by atoms with E-state index in [1.807, 2.05) is 0 Å². The van der Waals surface area contributed by atoms with Gasteiger partial charge < -0.3 is 10.5 Å². The quantitative estimate of drug-likeness (QED) is 0.815. The van der Waals surface area contributed by atoms with Gasteiger partial charge in [-0.25, -0.2) is 0 Å². The molecule has 2 aromatic rings. The number of hydrogen-bond acceptors (Lipinski definition) is 2. The van der Waals surface area contributed by atoms with Crippen molar-refractivity contribution in [2.24, 2.45) is 5.73 Å². The molecule has 0 aliphatic heterocycles. The zero-order chi connectivity index (χ0) is 15.4. The van der Waals surface area contributed by atoms with Gasteiger partial charge in [0.25, 0.3) is 0 Å². The molecule has 3 rings (SSSR count). The fourth-order valence-electron chi connectivity index (χ4n) is 3.28. The third-order valence-corrected chi connectivity index (χ3v) is 4.57. The van der Waals surface area contributed by atoms with E-state index in [9.17, 15) is 0 Å². The zero-order valence-corrected chi connectivity index (χ0v) is 13.3. The van der Waals surface area contributed by atoms with Gasteiger partial charge >= 0.3 is 0 Å². The van der Waals surface area contributed by atoms with Gasteiger partial charge in [-0.2, -0.15) is 0 Å². The van der Waals surface area contributed by atoms with Gasteiger partial charge in [-0.1, -0.05) is 49.7 Å². The molecule has 2 heteroatoms. The molecule has 116 valence electrons. The second-order valence-corrected chi connectivity index (χ2v) is 6.22. The molecule has 2 unspecified atom stereocenters. The van der Waals surface area contributed by atoms with Gasteiger partial charge in [-0.05, 0) is 48.1 Å². The highest BCUT2D eigenvalue weighted by atomic mass is 16.5. The van der Waals surface area contributed by atoms with E-state index in [4.69, 9.17) is 10.5 Å². The smallest absolute Gasteiger partial charge is 0.119 e. The van der Waals surface area contributed by atoms with Crippen LogP contribution in [0.5, 0.6) is 5.75 Å². The molecule has 2 nitrogen and oxygen atoms in total. The maximum absolute atomic E-state index is 6.36. The van der Waals surface area contributed by atoms with Crippen LogP contribution in [0.2, 0.25) is 0 Å². The van der Waals surface area contributed by atoms with Crippen LogP contribution in [0.1, 0.15) is 42.4 Å². The van der Waals surface area contributed by atoms with E-state index in [0.717, 1.165) is 38.0 Å². The number of unbranched alkanes of at least 4 members (excludes halogenated alkanes) is 1. The summed E-state index contributed by atoms with van der Waals surface area (Å²) in [7, 11) is 0. The van der Waals surface area contributed by atoms with Crippen LogP contribution in [0.4, 0.5) is 0 Å². The SMILES string of the molecule is CCCCOc1ccc(CC2c3ccccc3CC2N)cc1. The lowest BCUT2D eigenvalue weighted by Gasteiger charge is -2.17. The molecule has 2 N–H and O–H groups in total. The van der Waals surface area contributed by atoms with Crippen molar-refractivity contribution in [2.75, 3.05) is 6.61 Å². The molecule has 0 amide bonds. The molecule has 0 aromatic heterocycles. The average molecular weight is 295 g/mol. The predicted octanol–water partition coefficient (Wildman–Crippen LogP) is 4.08. The summed E-state index contributed by atoms with van der Waals surface area (Å²) in [5.41, 5.74) is 10.5. The largest absolute Gasteiger partial charge is 0.494 e. The van der Waals surface area contributed by atoms with Crippen molar-refractivity contribution in [3.63, 3.8) is 0 Å². The Hall–Kier alpha value is -1.80. The third kappa shape index (κ3) is 3.33. The molecule has 0 saturated carbocycles. The van der Waals surface area contributed by atoms with E-state index in [0.29, 0.717) is 5.92 Å². The van der Waals surface area contributed by atoms with E-state index in [1.54, 1.807) is 0 Å². The molecule has 0 radical (unpaired) electrons. The number of rotatable bonds is 6. The first-order chi connectivity index (χ1) is 10.8. The van der Waals surface area contributed by atoms with Crippen LogP contribution in [0.15, 0.2) is 48.5 Å². The number of fused-ring (bicyclic) bond motifs is 1. The number of ether oxygens (including phenoxy) is 1. The highest BCUT2D eigenvalue weighted by molar-refractivity contribution is 5.39. The monoisotopic (exact) mass is 295 g/mol. The Kier molecular flexibility index (Phi) is 4.79. The highest BCUT2D eigenvalue weighted by Gasteiger charge is 2.29. The van der Waals surface area contributed by atoms with Crippen molar-refractivity contribution >= 4 is 0 Å². The first-order valence-corrected chi connectivity index (χ1v) is 8.33. The van der Waals surface area contributed by atoms with E-state index in [1.165, 1.54) is 16.7 Å². The van der Waals surface area contributed by atoms with Crippen molar-refractivity contribution < 1.29 is 4.74 Å². The molecule has 2 aromatic carbocycles. The van der Waals surface area contributed by atoms with Crippen LogP contribution in [0, 0.1) is 0 Å². The van der Waals surface area contributed by atoms with Crippen LogP contribution in [-0.2, 0) is 12.8 Å². The maximum Gasteiger partial charge on any atom is 0.119 e. The summed E-state index contributed by atoms with van der Waals surface area (Å²) in [6.07, 6.45) is 4.28. The Morgan fingerprint density at radius 1 is 1.09 bits per heavy atom. The minimum atomic E-state index is 0.234. The normalized spacial score (nSPS) is 19.9. The van der Waals surface area contributed by atoms with Crippen LogP contribution in [0.3, 0.4) is 0 Å². The molecule has 1 aliphatic rings. The molecule has 0 saturated heterocycles. The van der Waals surface area contributed by atoms with Crippen molar-refractivity contribution in [3.05, 3.63) is 65.2 Å². The van der Waals surface area contributed by atoms with E-state index < -0.39 is 0 Å². The molecule has 0 bridgehead atoms. The standard InChI is InChI=1S/C20H25NO/c1-2-3-12-22-17-10-8-15(9-11-17)13-19-18-7-5-4-6-16(18)14-20(19)21/h4-11,19-20H,2-3,12-14,21H2,1H3. The summed E-state index contributed by atoms with van der Waals surface area (Å²) >= 11 is 0. The van der Waals surface area contributed by atoms with Gasteiger partial charge in [0.1, 0.15) is 5.75 Å². The fourth-order valence-corrected chi connectivity index (χ4v) is 3.28. The van der Waals surface area contributed by atoms with Crippen molar-refractivity contribution in [1.82, 2.24) is 0 Å². The van der Waals surface area contributed by atoms with Crippen molar-refractivity contribution in [2.45, 2.75) is 44.6 Å². The van der Waals surface area contributed by atoms with Gasteiger partial charge in [-0.15, -0.1) is 0 Å². The first kappa shape index (κ1) is 15.1. The van der Waals surface area contributed by atoms with Gasteiger partial charge in [0, 0.05) is 12.0 Å². The Morgan fingerprint density at radius 3 is 2.64 bits per heavy atom. The van der Waals surface area contributed by atoms with E-state index in [-0.39, 0.29) is 6.04 Å². The molecule has 0 fully saturated rings. The predicted molar refractivity (Wildman–Crippen MR) is 91.4 cm³/mol. The summed E-state index contributed by atoms with van der Waals surface area (Å²) < 4.78 is 5.72. The van der Waals surface area contributed by atoms with Crippen LogP contribution in [-0.4, -0.2) is 12.6 Å². The van der Waals surface area contributed by atoms with Crippen molar-refractivity contribution in [3.8, 4) is 5.75 Å². The lowest BCUT2D eigenvalue weighted by molar-refractivity contribution is 0.309. The summed E-state index contributed by atoms with van der Waals surface area (Å²) in [5.74, 6) is 1.40. The molecule has 0 spiro atoms. The van der Waals surface area contributed by atoms with Gasteiger partial charge in [0.05, 0.1) is 6.61 Å². The fraction of sp³-hybridized carbons (Fsp3) is 0.400. The molecule has 2 atom stereocenters. The molecular formula is C20H25NO. The first-order valence-electron chi connectivity index (χ1n) is 8.33. The number of nitrogens with two attached hydrogens (primary N) is 1. The lowest BCUT2D eigenvalue weighted by atomic mass is 9.91. The molecule has 1 aliphatic carbocycles. The second kappa shape index (κ2) is 6.97. The van der Waals surface area contributed by atoms with Crippen LogP contribution in [0.25, 0.3) is 0 Å². The van der Waals surface area contributed by atoms with Gasteiger partial charge in [-0.3, -0.25) is 0 Å². The lowest BCUT2D eigenvalue weighted by Crippen LogP contribution is -2.26. The van der Waals surface area contributed by atoms with E-state index >= 15 is 0 Å². The van der Waals surface area contributed by atoms with Crippen LogP contribution < -0.4 is 10.5 Å². The maximum atomic E-state index is 6.36. The molecule has 0 heterocycles. The van der Waals surface area contributed by atoms with Gasteiger partial charge in [0.15, 0.2) is 0 Å². The Bertz CT molecular complexity index is 605. The minimum absolute atomic E-state index is 0.234. The Morgan fingerprint density at radius 2 is 1.86 bits per heavy atom. The molecule has 22 heavy (non-hydrogen) atoms. The number of benzene rings is 2. The second-order valence-electron chi connectivity index (χ2n) is 6.22. The Balaban J connectivity index is 1.66. The zero-order valence-electron chi connectivity index (χ0n) is 13.3. The summed E-state index contributed by atoms with van der Waals surface area (Å²) in [5, 5.41) is 0. The average Bonchev–Trinajstić information content (AvgIpc) is 2.85. The summed E-state index contributed by atoms with van der Waals surface area (Å²) in [6, 6.07) is 17.4. The minimum Gasteiger partial charge on any atom is -0.494 e. The van der Waals surface area contributed by atoms with Crippen LogP contribution >= 0.6 is 0 Å². The third-order valence-electron chi connectivity index (χ3n) is 4.57. The Labute approximate surface area is 133 Å². The van der Waals surface area contributed by atoms with E-state index in [2.05, 4.69) is 55.5 Å². The van der Waals surface area contributed by atoms with Crippen molar-refractivity contribution in [1.29, 1.82) is 0 Å². The summed E-state index contributed by atoms with van der Waals surface area (Å²) in [6.45, 7) is 2.98. The molecular weight excluding hydrogens is 270 g/mol. The topological polar surface area (TPSA) is 35.2 Å². The summed E-state index contributed by atoms with van der Waals surface area (Å²) in [4.78, 5) is 0.